The van der Waals surface area contributed by atoms with Gasteiger partial charge in [0.15, 0.2) is 0 Å². The van der Waals surface area contributed by atoms with Gasteiger partial charge in [0.05, 0.1) is 4.92 Å². The van der Waals surface area contributed by atoms with E-state index in [4.69, 9.17) is 0 Å². The van der Waals surface area contributed by atoms with Crippen molar-refractivity contribution in [1.82, 2.24) is 15.4 Å². The Bertz CT molecular complexity index is 1030. The van der Waals surface area contributed by atoms with Gasteiger partial charge in [0.25, 0.3) is 5.91 Å². The Labute approximate surface area is 174 Å². The molecule has 0 aliphatic rings. The minimum atomic E-state index is -0.606. The van der Waals surface area contributed by atoms with Gasteiger partial charge in [-0.15, -0.1) is 0 Å². The minimum Gasteiger partial charge on any atom is -0.360 e. The zero-order valence-electron chi connectivity index (χ0n) is 15.3. The van der Waals surface area contributed by atoms with Crippen molar-refractivity contribution in [3.05, 3.63) is 86.1 Å². The Morgan fingerprint density at radius 1 is 1.07 bits per heavy atom. The maximum Gasteiger partial charge on any atom is 0.354 e. The lowest BCUT2D eigenvalue weighted by molar-refractivity contribution is -0.383. The second-order valence-corrected chi connectivity index (χ2v) is 7.02. The number of nitrogens with zero attached hydrogens (tertiary/aromatic N) is 3. The van der Waals surface area contributed by atoms with Gasteiger partial charge in [-0.05, 0) is 36.8 Å². The number of halogens is 1. The van der Waals surface area contributed by atoms with Crippen LogP contribution in [0.3, 0.4) is 0 Å². The first-order valence-corrected chi connectivity index (χ1v) is 9.34. The highest BCUT2D eigenvalue weighted by atomic mass is 79.9. The third-order valence-corrected chi connectivity index (χ3v) is 4.51. The minimum absolute atomic E-state index is 0.0472. The summed E-state index contributed by atoms with van der Waals surface area (Å²) in [6.45, 7) is 2.33. The highest BCUT2D eigenvalue weighted by Crippen LogP contribution is 2.28. The number of hydrogen-bond acceptors (Lipinski definition) is 7. The van der Waals surface area contributed by atoms with Crippen LogP contribution in [-0.4, -0.2) is 20.8 Å². The normalized spacial score (nSPS) is 10.3. The Morgan fingerprint density at radius 2 is 1.72 bits per heavy atom. The largest absolute Gasteiger partial charge is 0.360 e. The molecule has 2 aromatic carbocycles. The number of carbonyl (C=O) groups excluding carboxylic acids is 1. The summed E-state index contributed by atoms with van der Waals surface area (Å²) in [4.78, 5) is 31.0. The van der Waals surface area contributed by atoms with Gasteiger partial charge < -0.3 is 5.32 Å². The van der Waals surface area contributed by atoms with Gasteiger partial charge in [0.2, 0.25) is 11.6 Å². The van der Waals surface area contributed by atoms with E-state index in [1.54, 1.807) is 24.3 Å². The lowest BCUT2D eigenvalue weighted by Gasteiger charge is -2.11. The number of carbonyl (C=O) groups is 1. The molecule has 1 amide bonds. The van der Waals surface area contributed by atoms with E-state index in [-0.39, 0.29) is 17.3 Å². The highest BCUT2D eigenvalue weighted by molar-refractivity contribution is 9.10. The van der Waals surface area contributed by atoms with Crippen LogP contribution in [0.25, 0.3) is 0 Å². The molecule has 3 rings (SSSR count). The first kappa shape index (κ1) is 20.2. The van der Waals surface area contributed by atoms with Crippen molar-refractivity contribution in [1.29, 1.82) is 0 Å². The molecule has 1 aromatic heterocycles. The van der Waals surface area contributed by atoms with Crippen LogP contribution in [0.5, 0.6) is 0 Å². The van der Waals surface area contributed by atoms with E-state index in [0.717, 1.165) is 15.6 Å². The van der Waals surface area contributed by atoms with E-state index >= 15 is 0 Å². The van der Waals surface area contributed by atoms with E-state index in [2.05, 4.69) is 42.1 Å². The topological polar surface area (TPSA) is 122 Å². The first-order chi connectivity index (χ1) is 13.9. The van der Waals surface area contributed by atoms with E-state index < -0.39 is 10.8 Å². The van der Waals surface area contributed by atoms with Crippen LogP contribution in [0.15, 0.2) is 59.3 Å². The van der Waals surface area contributed by atoms with E-state index in [9.17, 15) is 14.9 Å². The summed E-state index contributed by atoms with van der Waals surface area (Å²) in [5.74, 6) is -0.535. The molecule has 0 saturated heterocycles. The number of hydrogen-bond donors (Lipinski definition) is 3. The fourth-order valence-corrected chi connectivity index (χ4v) is 2.72. The molecular weight excluding hydrogens is 440 g/mol. The van der Waals surface area contributed by atoms with E-state index in [1.165, 1.54) is 6.33 Å². The number of hydrazine groups is 1. The molecule has 0 atom stereocenters. The molecule has 0 unspecified atom stereocenters. The average Bonchev–Trinajstić information content (AvgIpc) is 2.72. The number of amides is 1. The molecule has 0 aliphatic heterocycles. The number of rotatable bonds is 7. The number of aromatic nitrogens is 2. The third-order valence-electron chi connectivity index (χ3n) is 3.99. The molecule has 9 nitrogen and oxygen atoms in total. The second-order valence-electron chi connectivity index (χ2n) is 6.10. The zero-order chi connectivity index (χ0) is 20.8. The lowest BCUT2D eigenvalue weighted by Crippen LogP contribution is -2.30. The summed E-state index contributed by atoms with van der Waals surface area (Å²) in [5, 5.41) is 14.5. The molecule has 0 fully saturated rings. The predicted molar refractivity (Wildman–Crippen MR) is 112 cm³/mol. The summed E-state index contributed by atoms with van der Waals surface area (Å²) in [5.41, 5.74) is 7.01. The molecule has 148 valence electrons. The third kappa shape index (κ3) is 5.26. The zero-order valence-corrected chi connectivity index (χ0v) is 16.9. The van der Waals surface area contributed by atoms with Gasteiger partial charge in [-0.25, -0.2) is 9.97 Å². The standard InChI is InChI=1S/C19H17BrN6O3/c1-12-2-4-13(5-3-12)10-21-17-16(26(28)29)18(23-11-22-17)24-25-19(27)14-6-8-15(20)9-7-14/h2-9,11H,10H2,1H3,(H,25,27)(H2,21,22,23,24). The Hall–Kier alpha value is -3.53. The fourth-order valence-electron chi connectivity index (χ4n) is 2.45. The van der Waals surface area contributed by atoms with Crippen LogP contribution in [0.4, 0.5) is 17.3 Å². The van der Waals surface area contributed by atoms with Crippen LogP contribution >= 0.6 is 15.9 Å². The van der Waals surface area contributed by atoms with Crippen molar-refractivity contribution >= 4 is 39.2 Å². The summed E-state index contributed by atoms with van der Waals surface area (Å²) < 4.78 is 0.831. The molecule has 3 N–H and O–H groups in total. The Kier molecular flexibility index (Phi) is 6.35. The molecule has 0 aliphatic carbocycles. The lowest BCUT2D eigenvalue weighted by atomic mass is 10.1. The van der Waals surface area contributed by atoms with Gasteiger partial charge >= 0.3 is 5.69 Å². The molecule has 0 radical (unpaired) electrons. The van der Waals surface area contributed by atoms with E-state index in [0.29, 0.717) is 12.1 Å². The van der Waals surface area contributed by atoms with Gasteiger partial charge in [-0.2, -0.15) is 0 Å². The fraction of sp³-hybridized carbons (Fsp3) is 0.105. The number of nitro groups is 1. The van der Waals surface area contributed by atoms with Crippen LogP contribution < -0.4 is 16.2 Å². The molecule has 0 bridgehead atoms. The van der Waals surface area contributed by atoms with Crippen LogP contribution in [0, 0.1) is 17.0 Å². The molecular formula is C19H17BrN6O3. The van der Waals surface area contributed by atoms with Crippen molar-refractivity contribution in [2.45, 2.75) is 13.5 Å². The molecule has 29 heavy (non-hydrogen) atoms. The molecule has 3 aromatic rings. The van der Waals surface area contributed by atoms with Crippen molar-refractivity contribution in [3.63, 3.8) is 0 Å². The number of nitrogens with one attached hydrogen (secondary N) is 3. The Balaban J connectivity index is 1.73. The average molecular weight is 457 g/mol. The van der Waals surface area contributed by atoms with Crippen molar-refractivity contribution in [2.75, 3.05) is 10.7 Å². The first-order valence-electron chi connectivity index (χ1n) is 8.55. The van der Waals surface area contributed by atoms with E-state index in [1.807, 2.05) is 31.2 Å². The summed E-state index contributed by atoms with van der Waals surface area (Å²) in [6.07, 6.45) is 1.18. The predicted octanol–water partition coefficient (Wildman–Crippen LogP) is 3.82. The molecule has 0 saturated carbocycles. The molecule has 1 heterocycles. The van der Waals surface area contributed by atoms with Gasteiger partial charge in [0.1, 0.15) is 6.33 Å². The quantitative estimate of drug-likeness (QED) is 0.364. The second kappa shape index (κ2) is 9.11. The maximum atomic E-state index is 12.2. The number of anilines is 2. The smallest absolute Gasteiger partial charge is 0.354 e. The Morgan fingerprint density at radius 3 is 2.38 bits per heavy atom. The summed E-state index contributed by atoms with van der Waals surface area (Å²) >= 11 is 3.29. The van der Waals surface area contributed by atoms with Crippen molar-refractivity contribution < 1.29 is 9.72 Å². The SMILES string of the molecule is Cc1ccc(CNc2ncnc(NNC(=O)c3ccc(Br)cc3)c2[N+](=O)[O-])cc1. The van der Waals surface area contributed by atoms with Gasteiger partial charge in [-0.3, -0.25) is 25.8 Å². The molecule has 0 spiro atoms. The monoisotopic (exact) mass is 456 g/mol. The van der Waals surface area contributed by atoms with Crippen LogP contribution in [0.2, 0.25) is 0 Å². The number of benzene rings is 2. The summed E-state index contributed by atoms with van der Waals surface area (Å²) in [6, 6.07) is 14.4. The van der Waals surface area contributed by atoms with Crippen LogP contribution in [0.1, 0.15) is 21.5 Å². The summed E-state index contributed by atoms with van der Waals surface area (Å²) in [7, 11) is 0. The van der Waals surface area contributed by atoms with Crippen LogP contribution in [-0.2, 0) is 6.54 Å². The maximum absolute atomic E-state index is 12.2. The van der Waals surface area contributed by atoms with Gasteiger partial charge in [-0.1, -0.05) is 45.8 Å². The number of aryl methyl sites for hydroxylation is 1. The molecule has 10 heteroatoms. The highest BCUT2D eigenvalue weighted by Gasteiger charge is 2.23. The van der Waals surface area contributed by atoms with Crippen molar-refractivity contribution in [3.8, 4) is 0 Å². The van der Waals surface area contributed by atoms with Gasteiger partial charge in [0, 0.05) is 16.6 Å². The van der Waals surface area contributed by atoms with Crippen molar-refractivity contribution in [2.24, 2.45) is 0 Å².